The zero-order chi connectivity index (χ0) is 58.9. The first kappa shape index (κ1) is 84.8. The number of nitrogens with zero attached hydrogens (tertiary/aromatic N) is 4. The first-order chi connectivity index (χ1) is 36.1. The molecular weight excluding hydrogens is 1530 g/mol. The van der Waals surface area contributed by atoms with E-state index < -0.39 is 13.4 Å². The van der Waals surface area contributed by atoms with Crippen LogP contribution in [0.4, 0.5) is 49.1 Å². The average Bonchev–Trinajstić information content (AvgIpc) is 4.06. The molecule has 0 N–H and O–H groups in total. The molecule has 2 aliphatic heterocycles. The summed E-state index contributed by atoms with van der Waals surface area (Å²) in [7, 11) is 0. The van der Waals surface area contributed by atoms with Gasteiger partial charge < -0.3 is 74.6 Å². The van der Waals surface area contributed by atoms with Crippen molar-refractivity contribution in [1.82, 2.24) is 0 Å². The van der Waals surface area contributed by atoms with Gasteiger partial charge in [0.25, 0.3) is 0 Å². The summed E-state index contributed by atoms with van der Waals surface area (Å²) < 4.78 is 58.7. The van der Waals surface area contributed by atoms with Gasteiger partial charge in [0.05, 0.1) is 0 Å². The molecule has 0 aliphatic carbocycles. The van der Waals surface area contributed by atoms with Crippen LogP contribution in [-0.4, -0.2) is 15.3 Å². The van der Waals surface area contributed by atoms with E-state index in [1.807, 2.05) is 0 Å². The van der Waals surface area contributed by atoms with Crippen molar-refractivity contribution in [3.05, 3.63) is 198 Å². The Hall–Kier alpha value is -2.63. The van der Waals surface area contributed by atoms with Gasteiger partial charge >= 0.3 is 0 Å². The monoisotopic (exact) mass is 1630 g/mol. The van der Waals surface area contributed by atoms with Crippen LogP contribution >= 0.6 is 34.4 Å². The normalized spacial score (nSPS) is 12.3. The Morgan fingerprint density at radius 2 is 0.605 bits per heavy atom. The topological polar surface area (TPSA) is 30.0 Å². The molecule has 470 valence electrons. The number of thioether (sulfide) groups is 1. The minimum Gasteiger partial charge on any atom is -0.479 e. The SMILES string of the molecule is CC(C)c1cccc(C(C)C)c1N1C=CN(c2c(C(C)C)cccc2C(C)C)[CH-]1.CC(C)c1cccc(C(C)C)c1N1C=CN(c2c(C(C)C)cccc2C(C)C)[CH-]1.F[C-](F)F.F[C-](F)F.[Au].[Au].[CH2-]CCI.[CH2-]CCSC(C)=O.[CH3-].[CH3-]. The van der Waals surface area contributed by atoms with E-state index >= 15 is 0 Å². The molecule has 0 bridgehead atoms. The van der Waals surface area contributed by atoms with E-state index in [1.165, 1.54) is 83.4 Å². The molecule has 0 saturated heterocycles. The van der Waals surface area contributed by atoms with Crippen LogP contribution in [0.5, 0.6) is 0 Å². The molecule has 0 amide bonds. The molecule has 0 fully saturated rings. The second-order valence-corrected chi connectivity index (χ2v) is 23.3. The quantitative estimate of drug-likeness (QED) is 0.0388. The second-order valence-electron chi connectivity index (χ2n) is 21.0. The van der Waals surface area contributed by atoms with Crippen LogP contribution in [0.2, 0.25) is 0 Å². The third kappa shape index (κ3) is 28.4. The number of anilines is 4. The van der Waals surface area contributed by atoms with Crippen LogP contribution < -0.4 is 19.6 Å². The predicted molar refractivity (Wildman–Crippen MR) is 343 cm³/mol. The molecule has 0 saturated carbocycles. The van der Waals surface area contributed by atoms with Gasteiger partial charge in [0, 0.05) is 74.4 Å². The van der Waals surface area contributed by atoms with Crippen LogP contribution in [0.3, 0.4) is 0 Å². The first-order valence-corrected chi connectivity index (χ1v) is 29.3. The summed E-state index contributed by atoms with van der Waals surface area (Å²) in [5.41, 5.74) is 16.6. The number of carbonyl (C=O) groups excluding carboxylic acids is 1. The Morgan fingerprint density at radius 1 is 0.444 bits per heavy atom. The van der Waals surface area contributed by atoms with Gasteiger partial charge in [-0.05, 0) is 127 Å². The molecule has 4 aromatic carbocycles. The maximum atomic E-state index is 10.1. The Kier molecular flexibility index (Phi) is 46.0. The van der Waals surface area contributed by atoms with E-state index in [-0.39, 0.29) is 64.7 Å². The molecule has 0 spiro atoms. The fourth-order valence-corrected chi connectivity index (χ4v) is 9.13. The van der Waals surface area contributed by atoms with Crippen molar-refractivity contribution in [2.75, 3.05) is 29.8 Å². The summed E-state index contributed by atoms with van der Waals surface area (Å²) in [6.45, 7) is 43.6. The Bertz CT molecular complexity index is 1990. The summed E-state index contributed by atoms with van der Waals surface area (Å²) >= 11 is 3.62. The Labute approximate surface area is 538 Å². The second kappa shape index (κ2) is 43.9. The maximum Gasteiger partial charge on any atom is 0.185 e. The molecule has 0 atom stereocenters. The predicted octanol–water partition coefficient (Wildman–Crippen LogP) is 22.9. The van der Waals surface area contributed by atoms with Crippen molar-refractivity contribution in [3.63, 3.8) is 0 Å². The van der Waals surface area contributed by atoms with E-state index in [9.17, 15) is 31.1 Å². The molecule has 5 nitrogen and oxygen atoms in total. The third-order valence-corrected chi connectivity index (χ3v) is 13.9. The van der Waals surface area contributed by atoms with Crippen LogP contribution in [0.1, 0.15) is 222 Å². The minimum atomic E-state index is -3.08. The molecule has 81 heavy (non-hydrogen) atoms. The number of halogens is 7. The number of hydrogen-bond acceptors (Lipinski definition) is 6. The van der Waals surface area contributed by atoms with Gasteiger partial charge in [0.1, 0.15) is 0 Å². The molecule has 2 radical (unpaired) electrons. The van der Waals surface area contributed by atoms with Crippen molar-refractivity contribution < 1.29 is 75.9 Å². The van der Waals surface area contributed by atoms with E-state index in [0.717, 1.165) is 18.6 Å². The molecule has 6 rings (SSSR count). The summed E-state index contributed by atoms with van der Waals surface area (Å²) in [5, 5.41) is 0.184. The number of benzene rings is 4. The molecular formula is C66H95Au2F6IN4OS-8. The molecule has 2 aliphatic rings. The zero-order valence-corrected chi connectivity index (χ0v) is 58.9. The number of hydrogen-bond donors (Lipinski definition) is 0. The molecule has 4 aromatic rings. The summed E-state index contributed by atoms with van der Waals surface area (Å²) in [6.07, 6.45) is 10.8. The maximum absolute atomic E-state index is 10.1. The largest absolute Gasteiger partial charge is 0.479 e. The summed E-state index contributed by atoms with van der Waals surface area (Å²) in [4.78, 5) is 19.4. The fourth-order valence-electron chi connectivity index (χ4n) is 8.69. The Balaban J connectivity index is -0.000000535. The van der Waals surface area contributed by atoms with Crippen LogP contribution in [0, 0.1) is 55.4 Å². The summed E-state index contributed by atoms with van der Waals surface area (Å²) in [5.74, 6) is 4.70. The smallest absolute Gasteiger partial charge is 0.185 e. The molecule has 2 heterocycles. The van der Waals surface area contributed by atoms with Gasteiger partial charge in [-0.25, -0.2) is 0 Å². The van der Waals surface area contributed by atoms with Crippen LogP contribution in [0.15, 0.2) is 97.6 Å². The Morgan fingerprint density at radius 3 is 0.704 bits per heavy atom. The minimum absolute atomic E-state index is 0. The fraction of sp³-hybridized carbons (Fsp3) is 0.439. The molecule has 15 heteroatoms. The summed E-state index contributed by atoms with van der Waals surface area (Å²) in [6, 6.07) is 27.0. The van der Waals surface area contributed by atoms with E-state index in [0.29, 0.717) is 47.3 Å². The van der Waals surface area contributed by atoms with Gasteiger partial charge in [0.15, 0.2) is 18.5 Å². The van der Waals surface area contributed by atoms with Gasteiger partial charge in [-0.3, -0.25) is 4.79 Å². The van der Waals surface area contributed by atoms with Crippen LogP contribution in [0.25, 0.3) is 0 Å². The first-order valence-electron chi connectivity index (χ1n) is 26.7. The molecule has 0 unspecified atom stereocenters. The van der Waals surface area contributed by atoms with E-state index in [2.05, 4.69) is 278 Å². The van der Waals surface area contributed by atoms with Crippen molar-refractivity contribution in [3.8, 4) is 0 Å². The van der Waals surface area contributed by atoms with Gasteiger partial charge in [-0.2, -0.15) is 12.8 Å². The van der Waals surface area contributed by atoms with E-state index in [1.54, 1.807) is 6.92 Å². The van der Waals surface area contributed by atoms with Crippen molar-refractivity contribution in [2.45, 2.75) is 178 Å². The number of alkyl halides is 1. The van der Waals surface area contributed by atoms with Gasteiger partial charge in [-0.1, -0.05) is 218 Å². The van der Waals surface area contributed by atoms with Crippen LogP contribution in [-0.2, 0) is 49.6 Å². The number of rotatable bonds is 15. The average molecular weight is 1630 g/mol. The van der Waals surface area contributed by atoms with E-state index in [4.69, 9.17) is 0 Å². The number of carbonyl (C=O) groups is 1. The zero-order valence-electron chi connectivity index (χ0n) is 51.6. The number of para-hydroxylation sites is 4. The van der Waals surface area contributed by atoms with Crippen molar-refractivity contribution in [2.24, 2.45) is 0 Å². The van der Waals surface area contributed by atoms with Gasteiger partial charge in [0.2, 0.25) is 0 Å². The third-order valence-electron chi connectivity index (χ3n) is 12.3. The molecule has 0 aromatic heterocycles. The standard InChI is InChI=1S/2C27H37N2.C5H9OS.C3H6I.2CF3.2CH3.2Au/c2*1-18(2)22-11-9-12-23(19(3)4)26(22)28-15-16-29(17-28)27-24(20(5)6)13-10-14-25(27)21(7)8;1-3-4-7-5(2)6;1-2-3-4;2*2-1(3)4;;;;/h2*9-21H,1-8H3;1,3-4H2,2H3;1-3H2;;;2*1H3;;/q8*-1;;. The van der Waals surface area contributed by atoms with Crippen molar-refractivity contribution >= 4 is 62.2 Å². The van der Waals surface area contributed by atoms with Crippen molar-refractivity contribution in [1.29, 1.82) is 0 Å². The van der Waals surface area contributed by atoms with Gasteiger partial charge in [-0.15, -0.1) is 13.3 Å².